The number of benzene rings is 1. The van der Waals surface area contributed by atoms with Crippen LogP contribution in [0.2, 0.25) is 0 Å². The van der Waals surface area contributed by atoms with E-state index < -0.39 is 0 Å². The molecule has 0 saturated carbocycles. The predicted molar refractivity (Wildman–Crippen MR) is 81.5 cm³/mol. The van der Waals surface area contributed by atoms with Crippen LogP contribution in [0.3, 0.4) is 0 Å². The average Bonchev–Trinajstić information content (AvgIpc) is 2.49. The Balaban J connectivity index is 2.29. The van der Waals surface area contributed by atoms with Gasteiger partial charge in [0.05, 0.1) is 18.1 Å². The summed E-state index contributed by atoms with van der Waals surface area (Å²) >= 11 is 0. The number of hydrogen-bond acceptors (Lipinski definition) is 5. The van der Waals surface area contributed by atoms with Gasteiger partial charge in [-0.05, 0) is 23.6 Å². The van der Waals surface area contributed by atoms with Crippen LogP contribution in [0.1, 0.15) is 30.9 Å². The van der Waals surface area contributed by atoms with Crippen molar-refractivity contribution in [2.45, 2.75) is 26.2 Å². The number of nitrogens with zero attached hydrogens (tertiary/aromatic N) is 3. The van der Waals surface area contributed by atoms with Gasteiger partial charge in [0.15, 0.2) is 0 Å². The Kier molecular flexibility index (Phi) is 4.72. The van der Waals surface area contributed by atoms with Crippen LogP contribution >= 0.6 is 0 Å². The summed E-state index contributed by atoms with van der Waals surface area (Å²) in [5.74, 6) is 2.26. The van der Waals surface area contributed by atoms with Crippen LogP contribution in [0.5, 0.6) is 11.6 Å². The van der Waals surface area contributed by atoms with Crippen molar-refractivity contribution in [2.75, 3.05) is 12.4 Å². The molecule has 0 bridgehead atoms. The van der Waals surface area contributed by atoms with Crippen molar-refractivity contribution in [3.05, 3.63) is 41.7 Å². The summed E-state index contributed by atoms with van der Waals surface area (Å²) in [6.07, 6.45) is 1.88. The molecule has 0 aliphatic carbocycles. The highest BCUT2D eigenvalue weighted by Crippen LogP contribution is 2.32. The zero-order valence-corrected chi connectivity index (χ0v) is 12.4. The van der Waals surface area contributed by atoms with Crippen LogP contribution in [0, 0.1) is 11.3 Å². The fraction of sp³-hybridized carbons (Fsp3) is 0.312. The number of aromatic nitrogens is 2. The molecule has 1 aromatic heterocycles. The molecule has 0 aliphatic rings. The highest BCUT2D eigenvalue weighted by Gasteiger charge is 2.16. The van der Waals surface area contributed by atoms with E-state index in [1.54, 1.807) is 0 Å². The van der Waals surface area contributed by atoms with Crippen LogP contribution in [0.4, 0.5) is 5.82 Å². The largest absolute Gasteiger partial charge is 0.439 e. The van der Waals surface area contributed by atoms with Crippen molar-refractivity contribution in [2.24, 2.45) is 0 Å². The Bertz CT molecular complexity index is 644. The maximum atomic E-state index is 8.67. The molecule has 2 aromatic rings. The third-order valence-corrected chi connectivity index (χ3v) is 3.08. The highest BCUT2D eigenvalue weighted by atomic mass is 16.5. The second-order valence-corrected chi connectivity index (χ2v) is 4.93. The van der Waals surface area contributed by atoms with Crippen molar-refractivity contribution in [1.82, 2.24) is 9.97 Å². The van der Waals surface area contributed by atoms with Gasteiger partial charge in [-0.1, -0.05) is 26.0 Å². The van der Waals surface area contributed by atoms with Crippen LogP contribution in [0.15, 0.2) is 30.6 Å². The topological polar surface area (TPSA) is 70.8 Å². The van der Waals surface area contributed by atoms with E-state index in [2.05, 4.69) is 35.2 Å². The van der Waals surface area contributed by atoms with Crippen LogP contribution in [-0.2, 0) is 6.42 Å². The van der Waals surface area contributed by atoms with E-state index in [9.17, 15) is 0 Å². The number of ether oxygens (including phenoxy) is 1. The maximum absolute atomic E-state index is 8.67. The van der Waals surface area contributed by atoms with Gasteiger partial charge < -0.3 is 10.1 Å². The minimum atomic E-state index is 0.238. The standard InChI is InChI=1S/C16H18N4O/c1-11(2)14-15(18-3)19-10-20-16(14)21-13-6-4-12(5-7-13)8-9-17/h4-7,10-11H,8H2,1-3H3,(H,18,19,20). The fourth-order valence-electron chi connectivity index (χ4n) is 2.06. The van der Waals surface area contributed by atoms with Crippen molar-refractivity contribution in [3.63, 3.8) is 0 Å². The van der Waals surface area contributed by atoms with E-state index in [1.165, 1.54) is 6.33 Å². The molecule has 0 atom stereocenters. The molecule has 5 heteroatoms. The highest BCUT2D eigenvalue weighted by molar-refractivity contribution is 5.51. The predicted octanol–water partition coefficient (Wildman–Crippen LogP) is 3.50. The SMILES string of the molecule is CNc1ncnc(Oc2ccc(CC#N)cc2)c1C(C)C. The molecule has 0 radical (unpaired) electrons. The van der Waals surface area contributed by atoms with Gasteiger partial charge in [0.25, 0.3) is 0 Å². The van der Waals surface area contributed by atoms with Gasteiger partial charge in [0.2, 0.25) is 5.88 Å². The molecule has 2 rings (SSSR count). The number of hydrogen-bond donors (Lipinski definition) is 1. The summed E-state index contributed by atoms with van der Waals surface area (Å²) in [7, 11) is 1.83. The Morgan fingerprint density at radius 1 is 1.24 bits per heavy atom. The number of nitrogens with one attached hydrogen (secondary N) is 1. The molecular formula is C16H18N4O. The van der Waals surface area contributed by atoms with Crippen molar-refractivity contribution >= 4 is 5.82 Å². The van der Waals surface area contributed by atoms with E-state index in [1.807, 2.05) is 31.3 Å². The summed E-state index contributed by atoms with van der Waals surface area (Å²) in [6.45, 7) is 4.14. The van der Waals surface area contributed by atoms with Gasteiger partial charge in [-0.15, -0.1) is 0 Å². The van der Waals surface area contributed by atoms with Gasteiger partial charge in [-0.2, -0.15) is 5.26 Å². The normalized spacial score (nSPS) is 10.2. The van der Waals surface area contributed by atoms with Gasteiger partial charge in [-0.25, -0.2) is 9.97 Å². The van der Waals surface area contributed by atoms with Gasteiger partial charge in [0, 0.05) is 7.05 Å². The van der Waals surface area contributed by atoms with E-state index in [4.69, 9.17) is 10.00 Å². The summed E-state index contributed by atoms with van der Waals surface area (Å²) in [5.41, 5.74) is 1.91. The molecular weight excluding hydrogens is 264 g/mol. The van der Waals surface area contributed by atoms with E-state index in [0.29, 0.717) is 18.1 Å². The molecule has 0 unspecified atom stereocenters. The zero-order chi connectivity index (χ0) is 15.2. The number of nitriles is 1. The van der Waals surface area contributed by atoms with E-state index >= 15 is 0 Å². The summed E-state index contributed by atoms with van der Waals surface area (Å²) in [5, 5.41) is 11.7. The second kappa shape index (κ2) is 6.71. The van der Waals surface area contributed by atoms with Gasteiger partial charge in [-0.3, -0.25) is 0 Å². The van der Waals surface area contributed by atoms with Crippen LogP contribution < -0.4 is 10.1 Å². The first-order valence-electron chi connectivity index (χ1n) is 6.82. The van der Waals surface area contributed by atoms with Crippen molar-refractivity contribution in [3.8, 4) is 17.7 Å². The quantitative estimate of drug-likeness (QED) is 0.908. The lowest BCUT2D eigenvalue weighted by Gasteiger charge is -2.15. The molecule has 0 aliphatic heterocycles. The zero-order valence-electron chi connectivity index (χ0n) is 12.4. The first-order valence-corrected chi connectivity index (χ1v) is 6.82. The molecule has 5 nitrogen and oxygen atoms in total. The van der Waals surface area contributed by atoms with E-state index in [0.717, 1.165) is 16.9 Å². The molecule has 1 aromatic carbocycles. The molecule has 108 valence electrons. The first kappa shape index (κ1) is 14.8. The molecule has 0 fully saturated rings. The molecule has 1 N–H and O–H groups in total. The Morgan fingerprint density at radius 2 is 1.95 bits per heavy atom. The number of rotatable bonds is 5. The van der Waals surface area contributed by atoms with E-state index in [-0.39, 0.29) is 5.92 Å². The molecule has 1 heterocycles. The molecule has 0 amide bonds. The smallest absolute Gasteiger partial charge is 0.227 e. The van der Waals surface area contributed by atoms with Crippen LogP contribution in [0.25, 0.3) is 0 Å². The Morgan fingerprint density at radius 3 is 2.52 bits per heavy atom. The van der Waals surface area contributed by atoms with Crippen molar-refractivity contribution < 1.29 is 4.74 Å². The summed E-state index contributed by atoms with van der Waals surface area (Å²) in [6, 6.07) is 9.58. The minimum absolute atomic E-state index is 0.238. The minimum Gasteiger partial charge on any atom is -0.439 e. The lowest BCUT2D eigenvalue weighted by Crippen LogP contribution is -2.04. The Labute approximate surface area is 124 Å². The van der Waals surface area contributed by atoms with Gasteiger partial charge >= 0.3 is 0 Å². The first-order chi connectivity index (χ1) is 10.2. The third kappa shape index (κ3) is 3.48. The molecule has 21 heavy (non-hydrogen) atoms. The maximum Gasteiger partial charge on any atom is 0.227 e. The number of anilines is 1. The Hall–Kier alpha value is -2.61. The lowest BCUT2D eigenvalue weighted by atomic mass is 10.1. The monoisotopic (exact) mass is 282 g/mol. The van der Waals surface area contributed by atoms with Crippen LogP contribution in [-0.4, -0.2) is 17.0 Å². The lowest BCUT2D eigenvalue weighted by molar-refractivity contribution is 0.451. The average molecular weight is 282 g/mol. The van der Waals surface area contributed by atoms with Gasteiger partial charge in [0.1, 0.15) is 17.9 Å². The third-order valence-electron chi connectivity index (χ3n) is 3.08. The molecule has 0 spiro atoms. The summed E-state index contributed by atoms with van der Waals surface area (Å²) < 4.78 is 5.87. The second-order valence-electron chi connectivity index (χ2n) is 4.93. The summed E-state index contributed by atoms with van der Waals surface area (Å²) in [4.78, 5) is 8.46. The van der Waals surface area contributed by atoms with Crippen molar-refractivity contribution in [1.29, 1.82) is 5.26 Å². The fourth-order valence-corrected chi connectivity index (χ4v) is 2.06. The molecule has 0 saturated heterocycles.